The van der Waals surface area contributed by atoms with Gasteiger partial charge in [-0.05, 0) is 43.5 Å². The number of carboxylic acid groups (broad SMARTS) is 1. The van der Waals surface area contributed by atoms with E-state index in [1.165, 1.54) is 0 Å². The highest BCUT2D eigenvalue weighted by atomic mass is 16.4. The van der Waals surface area contributed by atoms with Crippen LogP contribution in [0.2, 0.25) is 0 Å². The first kappa shape index (κ1) is 14.5. The van der Waals surface area contributed by atoms with Crippen LogP contribution in [-0.2, 0) is 9.59 Å². The summed E-state index contributed by atoms with van der Waals surface area (Å²) in [7, 11) is 0. The molecule has 3 rings (SSSR count). The standard InChI is InChI=1S/C17H18N2O3/c1-11-5-6-13(12-4-2-9-18-15(11)12)19-14(20)10-17(16(21)22)7-3-8-17/h2,4-6,9H,3,7-8,10H2,1H3,(H,19,20)(H,21,22). The molecule has 0 aliphatic heterocycles. The third-order valence-electron chi connectivity index (χ3n) is 4.51. The zero-order chi connectivity index (χ0) is 15.7. The van der Waals surface area contributed by atoms with Crippen LogP contribution >= 0.6 is 0 Å². The summed E-state index contributed by atoms with van der Waals surface area (Å²) >= 11 is 0. The number of carboxylic acids is 1. The molecule has 1 aromatic heterocycles. The molecule has 0 unspecified atom stereocenters. The molecule has 0 radical (unpaired) electrons. The minimum Gasteiger partial charge on any atom is -0.481 e. The van der Waals surface area contributed by atoms with E-state index in [0.29, 0.717) is 18.5 Å². The van der Waals surface area contributed by atoms with E-state index in [9.17, 15) is 14.7 Å². The van der Waals surface area contributed by atoms with Gasteiger partial charge in [0, 0.05) is 18.0 Å². The van der Waals surface area contributed by atoms with Crippen molar-refractivity contribution in [1.82, 2.24) is 4.98 Å². The van der Waals surface area contributed by atoms with Crippen LogP contribution in [0.25, 0.3) is 10.9 Å². The zero-order valence-electron chi connectivity index (χ0n) is 12.4. The Labute approximate surface area is 128 Å². The summed E-state index contributed by atoms with van der Waals surface area (Å²) in [5.74, 6) is -1.12. The summed E-state index contributed by atoms with van der Waals surface area (Å²) in [5, 5.41) is 13.0. The molecule has 0 saturated heterocycles. The van der Waals surface area contributed by atoms with Crippen molar-refractivity contribution in [1.29, 1.82) is 0 Å². The first-order valence-electron chi connectivity index (χ1n) is 7.39. The number of fused-ring (bicyclic) bond motifs is 1. The second-order valence-corrected chi connectivity index (χ2v) is 5.99. The summed E-state index contributed by atoms with van der Waals surface area (Å²) < 4.78 is 0. The molecule has 22 heavy (non-hydrogen) atoms. The highest BCUT2D eigenvalue weighted by Crippen LogP contribution is 2.44. The molecule has 114 valence electrons. The molecular weight excluding hydrogens is 280 g/mol. The maximum atomic E-state index is 12.3. The highest BCUT2D eigenvalue weighted by molar-refractivity contribution is 6.03. The lowest BCUT2D eigenvalue weighted by atomic mass is 9.66. The number of benzene rings is 1. The van der Waals surface area contributed by atoms with Crippen LogP contribution in [0, 0.1) is 12.3 Å². The minimum atomic E-state index is -0.872. The van der Waals surface area contributed by atoms with Gasteiger partial charge in [0.25, 0.3) is 0 Å². The van der Waals surface area contributed by atoms with Gasteiger partial charge < -0.3 is 10.4 Å². The van der Waals surface area contributed by atoms with E-state index < -0.39 is 11.4 Å². The predicted molar refractivity (Wildman–Crippen MR) is 83.6 cm³/mol. The minimum absolute atomic E-state index is 0.0258. The Balaban J connectivity index is 1.83. The summed E-state index contributed by atoms with van der Waals surface area (Å²) in [6.45, 7) is 1.97. The molecule has 0 atom stereocenters. The normalized spacial score (nSPS) is 16.0. The first-order valence-corrected chi connectivity index (χ1v) is 7.39. The van der Waals surface area contributed by atoms with Gasteiger partial charge in [0.1, 0.15) is 0 Å². The van der Waals surface area contributed by atoms with Gasteiger partial charge in [-0.1, -0.05) is 12.5 Å². The fourth-order valence-corrected chi connectivity index (χ4v) is 2.99. The van der Waals surface area contributed by atoms with Crippen molar-refractivity contribution in [2.75, 3.05) is 5.32 Å². The summed E-state index contributed by atoms with van der Waals surface area (Å²) in [6, 6.07) is 7.47. The van der Waals surface area contributed by atoms with E-state index in [2.05, 4.69) is 10.3 Å². The van der Waals surface area contributed by atoms with Crippen LogP contribution in [0.1, 0.15) is 31.2 Å². The van der Waals surface area contributed by atoms with Gasteiger partial charge in [-0.25, -0.2) is 0 Å². The Bertz CT molecular complexity index is 751. The van der Waals surface area contributed by atoms with Gasteiger partial charge in [-0.3, -0.25) is 14.6 Å². The van der Waals surface area contributed by atoms with Crippen LogP contribution in [0.3, 0.4) is 0 Å². The molecule has 1 fully saturated rings. The van der Waals surface area contributed by atoms with E-state index >= 15 is 0 Å². The van der Waals surface area contributed by atoms with Crippen LogP contribution in [0.15, 0.2) is 30.5 Å². The lowest BCUT2D eigenvalue weighted by molar-refractivity contribution is -0.157. The number of anilines is 1. The van der Waals surface area contributed by atoms with E-state index in [-0.39, 0.29) is 12.3 Å². The van der Waals surface area contributed by atoms with Crippen LogP contribution < -0.4 is 5.32 Å². The molecule has 0 bridgehead atoms. The largest absolute Gasteiger partial charge is 0.481 e. The number of aromatic nitrogens is 1. The average Bonchev–Trinajstić information content (AvgIpc) is 2.46. The first-order chi connectivity index (χ1) is 10.5. The second kappa shape index (κ2) is 5.40. The molecule has 5 nitrogen and oxygen atoms in total. The van der Waals surface area contributed by atoms with Crippen molar-refractivity contribution in [3.63, 3.8) is 0 Å². The van der Waals surface area contributed by atoms with Crippen LogP contribution in [0.4, 0.5) is 5.69 Å². The Hall–Kier alpha value is -2.43. The van der Waals surface area contributed by atoms with Gasteiger partial charge in [0.15, 0.2) is 0 Å². The van der Waals surface area contributed by atoms with Gasteiger partial charge in [-0.15, -0.1) is 0 Å². The van der Waals surface area contributed by atoms with E-state index in [0.717, 1.165) is 22.9 Å². The molecule has 2 aromatic rings. The van der Waals surface area contributed by atoms with E-state index in [1.54, 1.807) is 6.20 Å². The maximum absolute atomic E-state index is 12.3. The second-order valence-electron chi connectivity index (χ2n) is 5.99. The summed E-state index contributed by atoms with van der Waals surface area (Å²) in [5.41, 5.74) is 1.69. The lowest BCUT2D eigenvalue weighted by Crippen LogP contribution is -2.41. The van der Waals surface area contributed by atoms with Gasteiger partial charge in [0.05, 0.1) is 16.6 Å². The molecule has 0 spiro atoms. The van der Waals surface area contributed by atoms with Crippen LogP contribution in [0.5, 0.6) is 0 Å². The molecule has 1 aliphatic rings. The fourth-order valence-electron chi connectivity index (χ4n) is 2.99. The number of hydrogen-bond donors (Lipinski definition) is 2. The molecule has 1 aromatic carbocycles. The third kappa shape index (κ3) is 2.43. The highest BCUT2D eigenvalue weighted by Gasteiger charge is 2.45. The molecule has 1 aliphatic carbocycles. The number of carbonyl (C=O) groups excluding carboxylic acids is 1. The number of rotatable bonds is 4. The van der Waals surface area contributed by atoms with Gasteiger partial charge in [0.2, 0.25) is 5.91 Å². The van der Waals surface area contributed by atoms with Crippen molar-refractivity contribution in [3.8, 4) is 0 Å². The Morgan fingerprint density at radius 2 is 2.09 bits per heavy atom. The van der Waals surface area contributed by atoms with Crippen molar-refractivity contribution in [3.05, 3.63) is 36.0 Å². The number of nitrogens with zero attached hydrogens (tertiary/aromatic N) is 1. The number of carbonyl (C=O) groups is 2. The smallest absolute Gasteiger partial charge is 0.310 e. The average molecular weight is 298 g/mol. The summed E-state index contributed by atoms with van der Waals surface area (Å²) in [6.07, 6.45) is 3.77. The van der Waals surface area contributed by atoms with Crippen molar-refractivity contribution < 1.29 is 14.7 Å². The van der Waals surface area contributed by atoms with Gasteiger partial charge in [-0.2, -0.15) is 0 Å². The number of amides is 1. The molecule has 5 heteroatoms. The number of pyridine rings is 1. The summed E-state index contributed by atoms with van der Waals surface area (Å²) in [4.78, 5) is 28.0. The molecule has 2 N–H and O–H groups in total. The Kier molecular flexibility index (Phi) is 3.56. The zero-order valence-corrected chi connectivity index (χ0v) is 12.4. The number of aliphatic carboxylic acids is 1. The molecular formula is C17H18N2O3. The quantitative estimate of drug-likeness (QED) is 0.909. The number of nitrogens with one attached hydrogen (secondary N) is 1. The topological polar surface area (TPSA) is 79.3 Å². The lowest BCUT2D eigenvalue weighted by Gasteiger charge is -2.36. The Morgan fingerprint density at radius 3 is 2.73 bits per heavy atom. The number of hydrogen-bond acceptors (Lipinski definition) is 3. The fraction of sp³-hybridized carbons (Fsp3) is 0.353. The van der Waals surface area contributed by atoms with E-state index in [1.807, 2.05) is 31.2 Å². The Morgan fingerprint density at radius 1 is 1.32 bits per heavy atom. The maximum Gasteiger partial charge on any atom is 0.310 e. The SMILES string of the molecule is Cc1ccc(NC(=O)CC2(C(=O)O)CCC2)c2cccnc12. The third-order valence-corrected chi connectivity index (χ3v) is 4.51. The van der Waals surface area contributed by atoms with Gasteiger partial charge >= 0.3 is 5.97 Å². The number of aryl methyl sites for hydroxylation is 1. The monoisotopic (exact) mass is 298 g/mol. The molecule has 1 saturated carbocycles. The molecule has 1 heterocycles. The predicted octanol–water partition coefficient (Wildman–Crippen LogP) is 3.13. The molecule has 1 amide bonds. The van der Waals surface area contributed by atoms with Crippen molar-refractivity contribution in [2.24, 2.45) is 5.41 Å². The van der Waals surface area contributed by atoms with Crippen LogP contribution in [-0.4, -0.2) is 22.0 Å². The van der Waals surface area contributed by atoms with E-state index in [4.69, 9.17) is 0 Å². The van der Waals surface area contributed by atoms with Crippen molar-refractivity contribution in [2.45, 2.75) is 32.6 Å². The van der Waals surface area contributed by atoms with Crippen molar-refractivity contribution >= 4 is 28.5 Å².